The van der Waals surface area contributed by atoms with E-state index in [0.717, 1.165) is 57.0 Å². The molecular weight excluding hydrogens is 406 g/mol. The molecule has 1 aliphatic carbocycles. The van der Waals surface area contributed by atoms with Gasteiger partial charge in [-0.15, -0.1) is 0 Å². The fourth-order valence-electron chi connectivity index (χ4n) is 5.38. The first-order valence-electron chi connectivity index (χ1n) is 12.3. The van der Waals surface area contributed by atoms with E-state index in [1.54, 1.807) is 0 Å². The van der Waals surface area contributed by atoms with Crippen molar-refractivity contribution in [3.8, 4) is 0 Å². The van der Waals surface area contributed by atoms with Gasteiger partial charge in [0.1, 0.15) is 17.8 Å². The van der Waals surface area contributed by atoms with Gasteiger partial charge in [-0.3, -0.25) is 9.80 Å². The third-order valence-corrected chi connectivity index (χ3v) is 7.61. The van der Waals surface area contributed by atoms with Crippen LogP contribution in [0.25, 0.3) is 5.70 Å². The number of benzene rings is 2. The minimum absolute atomic E-state index is 0.119. The fourth-order valence-corrected chi connectivity index (χ4v) is 5.38. The second-order valence-corrected chi connectivity index (χ2v) is 9.71. The van der Waals surface area contributed by atoms with Crippen molar-refractivity contribution in [3.63, 3.8) is 0 Å². The van der Waals surface area contributed by atoms with Gasteiger partial charge < -0.3 is 11.1 Å². The summed E-state index contributed by atoms with van der Waals surface area (Å²) in [5.41, 5.74) is 12.2. The van der Waals surface area contributed by atoms with Crippen LogP contribution in [0.4, 0.5) is 5.69 Å². The average Bonchev–Trinajstić information content (AvgIpc) is 2.87. The standard InChI is InChI=1S/C28H32N5/c29-28(13-4-14-28)23-10-7-21(8-11-23)26-19-25-22(20-33(26)24-5-2-1-3-6-24)9-12-27(31-25)32-17-15-30-16-18-32/h1-3,5-12,22,27,30H,4,13-18,20,29H2/q+1. The van der Waals surface area contributed by atoms with E-state index in [4.69, 9.17) is 10.7 Å². The first-order valence-corrected chi connectivity index (χ1v) is 12.3. The zero-order valence-electron chi connectivity index (χ0n) is 19.1. The number of nitrogens with zero attached hydrogens (tertiary/aromatic N) is 3. The van der Waals surface area contributed by atoms with Crippen LogP contribution in [-0.4, -0.2) is 49.5 Å². The molecule has 1 saturated heterocycles. The van der Waals surface area contributed by atoms with E-state index in [9.17, 15) is 0 Å². The van der Waals surface area contributed by atoms with Gasteiger partial charge in [-0.2, -0.15) is 0 Å². The number of nitrogens with one attached hydrogen (secondary N) is 1. The van der Waals surface area contributed by atoms with Crippen molar-refractivity contribution < 1.29 is 0 Å². The van der Waals surface area contributed by atoms with Crippen LogP contribution < -0.4 is 16.0 Å². The molecule has 33 heavy (non-hydrogen) atoms. The Morgan fingerprint density at radius 3 is 2.42 bits per heavy atom. The van der Waals surface area contributed by atoms with E-state index in [2.05, 4.69) is 87.9 Å². The summed E-state index contributed by atoms with van der Waals surface area (Å²) in [5.74, 6) is 0.259. The van der Waals surface area contributed by atoms with Crippen LogP contribution >= 0.6 is 0 Å². The number of rotatable bonds is 4. The summed E-state index contributed by atoms with van der Waals surface area (Å²) in [5, 5.41) is 3.44. The van der Waals surface area contributed by atoms with Gasteiger partial charge >= 0.3 is 0 Å². The number of hydrogen-bond acceptors (Lipinski definition) is 5. The van der Waals surface area contributed by atoms with Gasteiger partial charge in [0, 0.05) is 56.1 Å². The van der Waals surface area contributed by atoms with E-state index in [1.807, 2.05) is 0 Å². The summed E-state index contributed by atoms with van der Waals surface area (Å²) in [6.07, 6.45) is 11.9. The SMILES string of the molecule is NC1(c2ccc(C3=[C+]C4=NC(N5CCNCC5)C=CC4CN3c3ccccc3)cc2)CCC1. The van der Waals surface area contributed by atoms with Crippen molar-refractivity contribution in [1.82, 2.24) is 10.2 Å². The van der Waals surface area contributed by atoms with Crippen molar-refractivity contribution in [2.24, 2.45) is 16.6 Å². The molecular formula is C28H32N5+. The van der Waals surface area contributed by atoms with Gasteiger partial charge in [-0.25, -0.2) is 4.99 Å². The molecule has 6 rings (SSSR count). The number of aliphatic imine (C=N–C) groups is 1. The Kier molecular flexibility index (Phi) is 5.35. The number of fused-ring (bicyclic) bond motifs is 1. The van der Waals surface area contributed by atoms with Gasteiger partial charge in [0.2, 0.25) is 0 Å². The van der Waals surface area contributed by atoms with Crippen LogP contribution in [0.1, 0.15) is 30.4 Å². The number of hydrogen-bond donors (Lipinski definition) is 2. The molecule has 2 fully saturated rings. The Hall–Kier alpha value is -2.82. The average molecular weight is 439 g/mol. The van der Waals surface area contributed by atoms with Crippen LogP contribution in [-0.2, 0) is 5.54 Å². The van der Waals surface area contributed by atoms with Gasteiger partial charge in [0.25, 0.3) is 5.70 Å². The lowest BCUT2D eigenvalue weighted by molar-refractivity contribution is 0.205. The Bertz CT molecular complexity index is 1080. The van der Waals surface area contributed by atoms with Crippen molar-refractivity contribution in [2.45, 2.75) is 31.0 Å². The molecule has 0 amide bonds. The Morgan fingerprint density at radius 2 is 1.73 bits per heavy atom. The molecule has 3 heterocycles. The molecule has 2 unspecified atom stereocenters. The molecule has 2 atom stereocenters. The van der Waals surface area contributed by atoms with Crippen molar-refractivity contribution >= 4 is 17.1 Å². The maximum Gasteiger partial charge on any atom is 0.278 e. The van der Waals surface area contributed by atoms with E-state index in [1.165, 1.54) is 23.2 Å². The maximum atomic E-state index is 6.58. The van der Waals surface area contributed by atoms with Crippen LogP contribution in [0.5, 0.6) is 0 Å². The molecule has 2 aromatic carbocycles. The minimum Gasteiger partial charge on any atom is -0.321 e. The summed E-state index contributed by atoms with van der Waals surface area (Å²) < 4.78 is 0. The molecule has 0 aromatic heterocycles. The Labute approximate surface area is 196 Å². The highest BCUT2D eigenvalue weighted by atomic mass is 15.3. The van der Waals surface area contributed by atoms with Gasteiger partial charge in [0.15, 0.2) is 5.71 Å². The molecule has 0 spiro atoms. The first-order chi connectivity index (χ1) is 16.2. The third kappa shape index (κ3) is 3.92. The lowest BCUT2D eigenvalue weighted by Crippen LogP contribution is -2.49. The Balaban J connectivity index is 1.36. The number of dihydropyridines is 1. The highest BCUT2D eigenvalue weighted by molar-refractivity contribution is 6.05. The molecule has 3 aliphatic heterocycles. The van der Waals surface area contributed by atoms with E-state index >= 15 is 0 Å². The molecule has 3 N–H and O–H groups in total. The summed E-state index contributed by atoms with van der Waals surface area (Å²) in [6.45, 7) is 5.00. The topological polar surface area (TPSA) is 56.9 Å². The smallest absolute Gasteiger partial charge is 0.278 e. The highest BCUT2D eigenvalue weighted by Gasteiger charge is 2.39. The lowest BCUT2D eigenvalue weighted by atomic mass is 9.72. The molecule has 1 saturated carbocycles. The molecule has 0 bridgehead atoms. The summed E-state index contributed by atoms with van der Waals surface area (Å²) in [4.78, 5) is 10.00. The summed E-state index contributed by atoms with van der Waals surface area (Å²) >= 11 is 0. The molecule has 0 radical (unpaired) electrons. The predicted octanol–water partition coefficient (Wildman–Crippen LogP) is 3.55. The quantitative estimate of drug-likeness (QED) is 0.566. The largest absolute Gasteiger partial charge is 0.321 e. The van der Waals surface area contributed by atoms with E-state index in [-0.39, 0.29) is 17.6 Å². The fraction of sp³-hybridized carbons (Fsp3) is 0.393. The lowest BCUT2D eigenvalue weighted by Gasteiger charge is -2.38. The van der Waals surface area contributed by atoms with E-state index in [0.29, 0.717) is 0 Å². The number of allylic oxidation sites excluding steroid dienone is 1. The second-order valence-electron chi connectivity index (χ2n) is 9.71. The zero-order chi connectivity index (χ0) is 22.3. The first kappa shape index (κ1) is 20.8. The number of anilines is 1. The van der Waals surface area contributed by atoms with Crippen molar-refractivity contribution in [3.05, 3.63) is 84.0 Å². The van der Waals surface area contributed by atoms with Crippen molar-refractivity contribution in [2.75, 3.05) is 37.6 Å². The molecule has 4 aliphatic rings. The molecule has 5 nitrogen and oxygen atoms in total. The predicted molar refractivity (Wildman–Crippen MR) is 135 cm³/mol. The van der Waals surface area contributed by atoms with Crippen LogP contribution in [0.15, 0.2) is 71.7 Å². The van der Waals surface area contributed by atoms with Crippen LogP contribution in [0.3, 0.4) is 0 Å². The Morgan fingerprint density at radius 1 is 0.970 bits per heavy atom. The summed E-state index contributed by atoms with van der Waals surface area (Å²) in [7, 11) is 0. The zero-order valence-corrected chi connectivity index (χ0v) is 19.1. The third-order valence-electron chi connectivity index (χ3n) is 7.61. The van der Waals surface area contributed by atoms with E-state index < -0.39 is 0 Å². The number of para-hydroxylation sites is 1. The monoisotopic (exact) mass is 438 g/mol. The van der Waals surface area contributed by atoms with Gasteiger partial charge in [-0.05, 0) is 55.2 Å². The highest BCUT2D eigenvalue weighted by Crippen LogP contribution is 2.40. The number of piperazine rings is 1. The second kappa shape index (κ2) is 8.51. The van der Waals surface area contributed by atoms with Gasteiger partial charge in [-0.1, -0.05) is 24.3 Å². The minimum atomic E-state index is -0.137. The van der Waals surface area contributed by atoms with Crippen molar-refractivity contribution in [1.29, 1.82) is 0 Å². The normalized spacial score (nSPS) is 26.5. The van der Waals surface area contributed by atoms with Crippen LogP contribution in [0.2, 0.25) is 0 Å². The van der Waals surface area contributed by atoms with Gasteiger partial charge in [0.05, 0.1) is 5.92 Å². The maximum absolute atomic E-state index is 6.58. The summed E-state index contributed by atoms with van der Waals surface area (Å²) in [6, 6.07) is 19.5. The number of nitrogens with two attached hydrogens (primary N) is 1. The molecule has 2 aromatic rings. The molecule has 5 heteroatoms. The molecule has 168 valence electrons. The van der Waals surface area contributed by atoms with Crippen LogP contribution in [0, 0.1) is 12.0 Å².